The molecule has 0 amide bonds. The van der Waals surface area contributed by atoms with Gasteiger partial charge in [-0.25, -0.2) is 4.79 Å². The SMILES string of the molecule is C/C=C(\C)C(=O)O[C@H]1C[C@H](OC(C)=O)[C@@]2(C)CO[C@H]3[C@H]4O[C@@H]5C[C@@H](c6ccoc6)C(C)=C5[C@@]4(C)[C@H](CC(=O)OC)[C@]1(C)[C@@H]32. The van der Waals surface area contributed by atoms with E-state index < -0.39 is 40.4 Å². The largest absolute Gasteiger partial charge is 0.472 e. The first kappa shape index (κ1) is 30.1. The first-order valence-electron chi connectivity index (χ1n) is 15.4. The molecule has 43 heavy (non-hydrogen) atoms. The topological polar surface area (TPSA) is 111 Å². The second-order valence-corrected chi connectivity index (χ2v) is 13.9. The highest BCUT2D eigenvalue weighted by Crippen LogP contribution is 2.74. The van der Waals surface area contributed by atoms with Crippen molar-refractivity contribution >= 4 is 17.9 Å². The molecule has 3 aliphatic carbocycles. The lowest BCUT2D eigenvalue weighted by atomic mass is 9.40. The summed E-state index contributed by atoms with van der Waals surface area (Å²) in [4.78, 5) is 39.0. The van der Waals surface area contributed by atoms with Gasteiger partial charge in [0.2, 0.25) is 0 Å². The molecule has 234 valence electrons. The van der Waals surface area contributed by atoms with Gasteiger partial charge in [-0.3, -0.25) is 9.59 Å². The Morgan fingerprint density at radius 2 is 1.84 bits per heavy atom. The summed E-state index contributed by atoms with van der Waals surface area (Å²) in [7, 11) is 1.41. The number of methoxy groups -OCH3 is 1. The summed E-state index contributed by atoms with van der Waals surface area (Å²) >= 11 is 0. The minimum Gasteiger partial charge on any atom is -0.472 e. The summed E-state index contributed by atoms with van der Waals surface area (Å²) in [5.41, 5.74) is 2.08. The average Bonchev–Trinajstić information content (AvgIpc) is 3.73. The van der Waals surface area contributed by atoms with Crippen LogP contribution in [0.15, 0.2) is 45.8 Å². The Morgan fingerprint density at radius 1 is 1.09 bits per heavy atom. The molecule has 0 aromatic carbocycles. The fourth-order valence-corrected chi connectivity index (χ4v) is 10.0. The Labute approximate surface area is 253 Å². The molecule has 5 aliphatic rings. The minimum atomic E-state index is -0.741. The van der Waals surface area contributed by atoms with E-state index in [1.165, 1.54) is 25.2 Å². The van der Waals surface area contributed by atoms with Gasteiger partial charge in [0.05, 0.1) is 44.6 Å². The van der Waals surface area contributed by atoms with Crippen LogP contribution < -0.4 is 0 Å². The molecule has 0 unspecified atom stereocenters. The van der Waals surface area contributed by atoms with Crippen LogP contribution in [0.5, 0.6) is 0 Å². The van der Waals surface area contributed by atoms with Crippen LogP contribution >= 0.6 is 0 Å². The molecule has 1 aromatic rings. The monoisotopic (exact) mass is 596 g/mol. The summed E-state index contributed by atoms with van der Waals surface area (Å²) in [6.07, 6.45) is 4.39. The van der Waals surface area contributed by atoms with E-state index in [4.69, 9.17) is 28.1 Å². The number of hydrogen-bond donors (Lipinski definition) is 0. The van der Waals surface area contributed by atoms with Crippen molar-refractivity contribution in [3.63, 3.8) is 0 Å². The fraction of sp³-hybridized carbons (Fsp3) is 0.676. The molecule has 0 N–H and O–H groups in total. The molecule has 0 spiro atoms. The highest BCUT2D eigenvalue weighted by Gasteiger charge is 2.78. The number of hydrogen-bond acceptors (Lipinski definition) is 9. The third kappa shape index (κ3) is 4.13. The zero-order valence-electron chi connectivity index (χ0n) is 26.4. The lowest BCUT2D eigenvalue weighted by Crippen LogP contribution is -2.71. The van der Waals surface area contributed by atoms with E-state index in [1.807, 2.05) is 6.07 Å². The van der Waals surface area contributed by atoms with E-state index >= 15 is 0 Å². The summed E-state index contributed by atoms with van der Waals surface area (Å²) in [5, 5.41) is 0. The highest BCUT2D eigenvalue weighted by atomic mass is 16.6. The third-order valence-corrected chi connectivity index (χ3v) is 12.0. The van der Waals surface area contributed by atoms with Gasteiger partial charge in [0.15, 0.2) is 0 Å². The van der Waals surface area contributed by atoms with Crippen molar-refractivity contribution < 1.29 is 42.5 Å². The van der Waals surface area contributed by atoms with Crippen molar-refractivity contribution in [3.8, 4) is 0 Å². The zero-order chi connectivity index (χ0) is 31.1. The fourth-order valence-electron chi connectivity index (χ4n) is 10.0. The second kappa shape index (κ2) is 10.3. The van der Waals surface area contributed by atoms with Crippen molar-refractivity contribution in [3.05, 3.63) is 47.0 Å². The van der Waals surface area contributed by atoms with Crippen LogP contribution in [0.3, 0.4) is 0 Å². The second-order valence-electron chi connectivity index (χ2n) is 13.9. The van der Waals surface area contributed by atoms with Gasteiger partial charge in [-0.05, 0) is 50.3 Å². The minimum absolute atomic E-state index is 0.122. The lowest BCUT2D eigenvalue weighted by Gasteiger charge is -2.65. The van der Waals surface area contributed by atoms with Gasteiger partial charge >= 0.3 is 17.9 Å². The summed E-state index contributed by atoms with van der Waals surface area (Å²) < 4.78 is 36.8. The van der Waals surface area contributed by atoms with E-state index in [9.17, 15) is 14.4 Å². The number of carbonyl (C=O) groups is 3. The summed E-state index contributed by atoms with van der Waals surface area (Å²) in [6.45, 7) is 13.9. The van der Waals surface area contributed by atoms with E-state index in [1.54, 1.807) is 32.4 Å². The standard InChI is InChI=1S/C34H44O9/c1-9-17(2)31(37)43-25-14-24(41-19(4)35)32(5)16-40-28-29(32)33(25,6)23(13-26(36)38-8)34(7)27-18(3)21(20-10-11-39-15-20)12-22(27)42-30(28)34/h9-11,15,21-25,28-30H,12-14,16H2,1-8H3/b17-9+/t21-,22-,23-,24+,25+,28-,29+,30-,32-,33+,34-/m1/s1. The molecule has 0 bridgehead atoms. The van der Waals surface area contributed by atoms with Crippen LogP contribution in [0.2, 0.25) is 0 Å². The van der Waals surface area contributed by atoms with Crippen molar-refractivity contribution in [2.24, 2.45) is 28.1 Å². The van der Waals surface area contributed by atoms with Crippen molar-refractivity contribution in [2.75, 3.05) is 13.7 Å². The Hall–Kier alpha value is -2.91. The highest BCUT2D eigenvalue weighted by molar-refractivity contribution is 5.87. The van der Waals surface area contributed by atoms with Crippen molar-refractivity contribution in [1.82, 2.24) is 0 Å². The van der Waals surface area contributed by atoms with E-state index in [2.05, 4.69) is 27.7 Å². The first-order chi connectivity index (χ1) is 20.3. The number of fused-ring (bicyclic) bond motifs is 4. The van der Waals surface area contributed by atoms with Crippen LogP contribution in [0.4, 0.5) is 0 Å². The van der Waals surface area contributed by atoms with Gasteiger partial charge in [0, 0.05) is 53.4 Å². The molecule has 4 fully saturated rings. The molecule has 3 heterocycles. The van der Waals surface area contributed by atoms with Gasteiger partial charge in [-0.15, -0.1) is 0 Å². The normalized spacial score (nSPS) is 43.1. The van der Waals surface area contributed by atoms with Gasteiger partial charge < -0.3 is 28.1 Å². The quantitative estimate of drug-likeness (QED) is 0.187. The number of rotatable bonds is 6. The molecule has 9 heteroatoms. The number of ether oxygens (including phenoxy) is 5. The lowest BCUT2D eigenvalue weighted by molar-refractivity contribution is -0.251. The van der Waals surface area contributed by atoms with E-state index in [-0.39, 0.29) is 48.5 Å². The molecule has 11 atom stereocenters. The van der Waals surface area contributed by atoms with Gasteiger partial charge in [0.25, 0.3) is 0 Å². The molecule has 2 saturated carbocycles. The molecular weight excluding hydrogens is 552 g/mol. The molecule has 0 radical (unpaired) electrons. The van der Waals surface area contributed by atoms with Gasteiger partial charge in [-0.2, -0.15) is 0 Å². The maximum atomic E-state index is 13.4. The van der Waals surface area contributed by atoms with Crippen molar-refractivity contribution in [2.45, 2.75) is 104 Å². The molecule has 2 saturated heterocycles. The van der Waals surface area contributed by atoms with E-state index in [0.717, 1.165) is 12.0 Å². The number of allylic oxidation sites excluding steroid dienone is 2. The zero-order valence-corrected chi connectivity index (χ0v) is 26.4. The van der Waals surface area contributed by atoms with Crippen LogP contribution in [-0.4, -0.2) is 62.1 Å². The number of furan rings is 1. The molecular formula is C34H44O9. The van der Waals surface area contributed by atoms with E-state index in [0.29, 0.717) is 18.6 Å². The Balaban J connectivity index is 1.55. The van der Waals surface area contributed by atoms with Gasteiger partial charge in [0.1, 0.15) is 12.2 Å². The summed E-state index contributed by atoms with van der Waals surface area (Å²) in [5.74, 6) is -1.54. The molecule has 2 aliphatic heterocycles. The Bertz CT molecular complexity index is 1380. The first-order valence-corrected chi connectivity index (χ1v) is 15.4. The Morgan fingerprint density at radius 3 is 2.47 bits per heavy atom. The predicted octanol–water partition coefficient (Wildman–Crippen LogP) is 5.29. The van der Waals surface area contributed by atoms with Crippen LogP contribution in [0.1, 0.15) is 79.2 Å². The smallest absolute Gasteiger partial charge is 0.333 e. The number of carbonyl (C=O) groups excluding carboxylic acids is 3. The maximum Gasteiger partial charge on any atom is 0.333 e. The van der Waals surface area contributed by atoms with Crippen LogP contribution in [-0.2, 0) is 38.1 Å². The predicted molar refractivity (Wildman–Crippen MR) is 155 cm³/mol. The molecule has 6 rings (SSSR count). The Kier molecular flexibility index (Phi) is 7.24. The van der Waals surface area contributed by atoms with Crippen LogP contribution in [0, 0.1) is 28.1 Å². The summed E-state index contributed by atoms with van der Waals surface area (Å²) in [6, 6.07) is 2.00. The van der Waals surface area contributed by atoms with Crippen molar-refractivity contribution in [1.29, 1.82) is 0 Å². The third-order valence-electron chi connectivity index (χ3n) is 12.0. The van der Waals surface area contributed by atoms with Crippen LogP contribution in [0.25, 0.3) is 0 Å². The average molecular weight is 597 g/mol. The molecule has 9 nitrogen and oxygen atoms in total. The maximum absolute atomic E-state index is 13.4. The molecule has 1 aromatic heterocycles. The number of esters is 3. The van der Waals surface area contributed by atoms with Gasteiger partial charge in [-0.1, -0.05) is 32.4 Å².